The van der Waals surface area contributed by atoms with Crippen LogP contribution in [0.4, 0.5) is 24.5 Å². The van der Waals surface area contributed by atoms with Gasteiger partial charge in [0.05, 0.1) is 17.4 Å². The van der Waals surface area contributed by atoms with Gasteiger partial charge in [0.15, 0.2) is 5.78 Å². The van der Waals surface area contributed by atoms with Crippen LogP contribution in [0, 0.1) is 11.8 Å². The van der Waals surface area contributed by atoms with Crippen molar-refractivity contribution in [2.75, 3.05) is 10.6 Å². The maximum atomic E-state index is 12.7. The lowest BCUT2D eigenvalue weighted by Gasteiger charge is -2.10. The second-order valence-electron chi connectivity index (χ2n) is 6.64. The lowest BCUT2D eigenvalue weighted by Crippen LogP contribution is -2.20. The summed E-state index contributed by atoms with van der Waals surface area (Å²) in [5, 5.41) is 5.10. The van der Waals surface area contributed by atoms with Crippen LogP contribution in [0.3, 0.4) is 0 Å². The maximum absolute atomic E-state index is 12.7. The van der Waals surface area contributed by atoms with Crippen LogP contribution >= 0.6 is 0 Å². The van der Waals surface area contributed by atoms with Crippen LogP contribution in [-0.2, 0) is 15.8 Å². The van der Waals surface area contributed by atoms with E-state index >= 15 is 0 Å². The van der Waals surface area contributed by atoms with Gasteiger partial charge in [0, 0.05) is 16.9 Å². The molecule has 0 radical (unpaired) electrons. The average molecular weight is 390 g/mol. The smallest absolute Gasteiger partial charge is 0.326 e. The fourth-order valence-electron chi connectivity index (χ4n) is 2.81. The van der Waals surface area contributed by atoms with Crippen molar-refractivity contribution in [2.24, 2.45) is 11.8 Å². The molecule has 1 fully saturated rings. The highest BCUT2D eigenvalue weighted by Crippen LogP contribution is 2.40. The number of carbonyl (C=O) groups is 3. The molecule has 5 nitrogen and oxygen atoms in total. The zero-order valence-corrected chi connectivity index (χ0v) is 14.8. The molecule has 8 heteroatoms. The number of rotatable bonds is 5. The topological polar surface area (TPSA) is 75.3 Å². The van der Waals surface area contributed by atoms with E-state index in [2.05, 4.69) is 10.6 Å². The fraction of sp³-hybridized carbons (Fsp3) is 0.250. The molecule has 28 heavy (non-hydrogen) atoms. The largest absolute Gasteiger partial charge is 0.416 e. The zero-order chi connectivity index (χ0) is 20.5. The van der Waals surface area contributed by atoms with Crippen LogP contribution in [0.25, 0.3) is 0 Å². The number of halogens is 3. The molecule has 2 atom stereocenters. The van der Waals surface area contributed by atoms with Crippen LogP contribution in [0.1, 0.15) is 29.3 Å². The first-order valence-electron chi connectivity index (χ1n) is 8.55. The Morgan fingerprint density at radius 3 is 2.00 bits per heavy atom. The Kier molecular flexibility index (Phi) is 5.22. The molecule has 2 N–H and O–H groups in total. The number of hydrogen-bond donors (Lipinski definition) is 2. The highest BCUT2D eigenvalue weighted by molar-refractivity contribution is 6.03. The van der Waals surface area contributed by atoms with Crippen LogP contribution in [0.15, 0.2) is 48.5 Å². The summed E-state index contributed by atoms with van der Waals surface area (Å²) in [5.41, 5.74) is 0.191. The summed E-state index contributed by atoms with van der Waals surface area (Å²) in [6.07, 6.45) is -4.18. The number of benzene rings is 2. The number of ketones is 1. The van der Waals surface area contributed by atoms with E-state index in [4.69, 9.17) is 0 Å². The van der Waals surface area contributed by atoms with Crippen molar-refractivity contribution in [2.45, 2.75) is 19.5 Å². The van der Waals surface area contributed by atoms with E-state index < -0.39 is 29.5 Å². The average Bonchev–Trinajstić information content (AvgIpc) is 3.43. The Labute approximate surface area is 158 Å². The van der Waals surface area contributed by atoms with Gasteiger partial charge >= 0.3 is 6.18 Å². The highest BCUT2D eigenvalue weighted by atomic mass is 19.4. The minimum absolute atomic E-state index is 0.0331. The molecule has 1 aliphatic rings. The third-order valence-corrected chi connectivity index (χ3v) is 4.48. The first-order chi connectivity index (χ1) is 13.1. The summed E-state index contributed by atoms with van der Waals surface area (Å²) < 4.78 is 38.2. The second-order valence-corrected chi connectivity index (χ2v) is 6.64. The van der Waals surface area contributed by atoms with Crippen molar-refractivity contribution in [3.8, 4) is 0 Å². The Bertz CT molecular complexity index is 923. The van der Waals surface area contributed by atoms with E-state index in [9.17, 15) is 27.6 Å². The standard InChI is InChI=1S/C20H17F3N2O3/c1-11(26)12-5-7-14(8-6-12)24-18(27)16-10-17(16)19(28)25-15-4-2-3-13(9-15)20(21,22)23/h2-9,16-17H,10H2,1H3,(H,24,27)(H,25,28). The molecule has 2 aromatic carbocycles. The molecule has 0 spiro atoms. The van der Waals surface area contributed by atoms with Crippen LogP contribution in [0.2, 0.25) is 0 Å². The van der Waals surface area contributed by atoms with E-state index in [-0.39, 0.29) is 17.4 Å². The predicted octanol–water partition coefficient (Wildman–Crippen LogP) is 4.12. The lowest BCUT2D eigenvalue weighted by atomic mass is 10.1. The van der Waals surface area contributed by atoms with Gasteiger partial charge in [-0.15, -0.1) is 0 Å². The molecule has 2 aromatic rings. The summed E-state index contributed by atoms with van der Waals surface area (Å²) in [5.74, 6) is -2.07. The van der Waals surface area contributed by atoms with Crippen molar-refractivity contribution < 1.29 is 27.6 Å². The molecule has 1 saturated carbocycles. The molecule has 2 unspecified atom stereocenters. The molecule has 0 aromatic heterocycles. The van der Waals surface area contributed by atoms with Gasteiger partial charge in [-0.25, -0.2) is 0 Å². The van der Waals surface area contributed by atoms with Gasteiger partial charge in [-0.05, 0) is 55.8 Å². The van der Waals surface area contributed by atoms with Gasteiger partial charge in [0.2, 0.25) is 11.8 Å². The summed E-state index contributed by atoms with van der Waals surface area (Å²) >= 11 is 0. The third-order valence-electron chi connectivity index (χ3n) is 4.48. The normalized spacial score (nSPS) is 18.3. The number of nitrogens with one attached hydrogen (secondary N) is 2. The molecule has 2 amide bonds. The van der Waals surface area contributed by atoms with E-state index in [0.717, 1.165) is 12.1 Å². The predicted molar refractivity (Wildman–Crippen MR) is 96.7 cm³/mol. The van der Waals surface area contributed by atoms with E-state index in [0.29, 0.717) is 17.7 Å². The molecular formula is C20H17F3N2O3. The fourth-order valence-corrected chi connectivity index (χ4v) is 2.81. The van der Waals surface area contributed by atoms with Gasteiger partial charge in [-0.1, -0.05) is 6.07 Å². The number of hydrogen-bond acceptors (Lipinski definition) is 3. The van der Waals surface area contributed by atoms with Crippen molar-refractivity contribution in [3.63, 3.8) is 0 Å². The maximum Gasteiger partial charge on any atom is 0.416 e. The van der Waals surface area contributed by atoms with Crippen molar-refractivity contribution in [3.05, 3.63) is 59.7 Å². The molecule has 146 valence electrons. The number of Topliss-reactive ketones (excluding diaryl/α,β-unsaturated/α-hetero) is 1. The van der Waals surface area contributed by atoms with Crippen LogP contribution < -0.4 is 10.6 Å². The SMILES string of the molecule is CC(=O)c1ccc(NC(=O)C2CC2C(=O)Nc2cccc(C(F)(F)F)c2)cc1. The molecule has 3 rings (SSSR count). The minimum Gasteiger partial charge on any atom is -0.326 e. The monoisotopic (exact) mass is 390 g/mol. The third kappa shape index (κ3) is 4.57. The minimum atomic E-state index is -4.50. The number of alkyl halides is 3. The van der Waals surface area contributed by atoms with E-state index in [1.807, 2.05) is 0 Å². The summed E-state index contributed by atoms with van der Waals surface area (Å²) in [4.78, 5) is 35.7. The Morgan fingerprint density at radius 2 is 1.46 bits per heavy atom. The van der Waals surface area contributed by atoms with Crippen molar-refractivity contribution in [1.82, 2.24) is 0 Å². The first kappa shape index (κ1) is 19.6. The van der Waals surface area contributed by atoms with E-state index in [1.165, 1.54) is 19.1 Å². The Morgan fingerprint density at radius 1 is 0.893 bits per heavy atom. The summed E-state index contributed by atoms with van der Waals surface area (Å²) in [7, 11) is 0. The van der Waals surface area contributed by atoms with Crippen molar-refractivity contribution in [1.29, 1.82) is 0 Å². The van der Waals surface area contributed by atoms with Gasteiger partial charge in [0.1, 0.15) is 0 Å². The number of anilines is 2. The first-order valence-corrected chi connectivity index (χ1v) is 8.55. The van der Waals surface area contributed by atoms with Gasteiger partial charge in [-0.2, -0.15) is 13.2 Å². The van der Waals surface area contributed by atoms with E-state index in [1.54, 1.807) is 24.3 Å². The van der Waals surface area contributed by atoms with Crippen molar-refractivity contribution >= 4 is 29.0 Å². The molecule has 1 aliphatic carbocycles. The Balaban J connectivity index is 1.56. The molecule has 0 bridgehead atoms. The van der Waals surface area contributed by atoms with Gasteiger partial charge in [0.25, 0.3) is 0 Å². The summed E-state index contributed by atoms with van der Waals surface area (Å²) in [6, 6.07) is 10.7. The Hall–Kier alpha value is -3.16. The van der Waals surface area contributed by atoms with Crippen LogP contribution in [-0.4, -0.2) is 17.6 Å². The number of amides is 2. The zero-order valence-electron chi connectivity index (χ0n) is 14.8. The van der Waals surface area contributed by atoms with Crippen LogP contribution in [0.5, 0.6) is 0 Å². The summed E-state index contributed by atoms with van der Waals surface area (Å²) in [6.45, 7) is 1.44. The molecule has 0 aliphatic heterocycles. The second kappa shape index (κ2) is 7.46. The van der Waals surface area contributed by atoms with Gasteiger partial charge < -0.3 is 10.6 Å². The lowest BCUT2D eigenvalue weighted by molar-refractivity contribution is -0.137. The van der Waals surface area contributed by atoms with Gasteiger partial charge in [-0.3, -0.25) is 14.4 Å². The highest BCUT2D eigenvalue weighted by Gasteiger charge is 2.48. The number of carbonyl (C=O) groups excluding carboxylic acids is 3. The molecular weight excluding hydrogens is 373 g/mol. The quantitative estimate of drug-likeness (QED) is 0.754. The molecule has 0 heterocycles. The molecule has 0 saturated heterocycles.